The predicted molar refractivity (Wildman–Crippen MR) is 112 cm³/mol. The number of likely N-dealkylation sites (tertiary alicyclic amines) is 1. The van der Waals surface area contributed by atoms with Gasteiger partial charge in [-0.05, 0) is 25.0 Å². The van der Waals surface area contributed by atoms with E-state index in [4.69, 9.17) is 4.74 Å². The highest BCUT2D eigenvalue weighted by Gasteiger charge is 2.35. The Morgan fingerprint density at radius 3 is 2.43 bits per heavy atom. The Morgan fingerprint density at radius 1 is 1.10 bits per heavy atom. The second kappa shape index (κ2) is 9.40. The molecule has 0 bridgehead atoms. The van der Waals surface area contributed by atoms with Crippen LogP contribution in [0.2, 0.25) is 0 Å². The first-order valence-corrected chi connectivity index (χ1v) is 10.6. The molecule has 0 unspecified atom stereocenters. The topological polar surface area (TPSA) is 79.7 Å². The van der Waals surface area contributed by atoms with Crippen molar-refractivity contribution < 1.29 is 14.3 Å². The van der Waals surface area contributed by atoms with E-state index in [0.717, 1.165) is 31.5 Å². The van der Waals surface area contributed by atoms with Gasteiger partial charge < -0.3 is 15.0 Å². The van der Waals surface area contributed by atoms with Crippen molar-refractivity contribution in [2.75, 3.05) is 39.4 Å². The Kier molecular flexibility index (Phi) is 6.44. The van der Waals surface area contributed by atoms with Gasteiger partial charge in [-0.25, -0.2) is 0 Å². The molecule has 1 atom stereocenters. The lowest BCUT2D eigenvalue weighted by Gasteiger charge is -2.39. The van der Waals surface area contributed by atoms with Crippen LogP contribution in [0.1, 0.15) is 34.8 Å². The van der Waals surface area contributed by atoms with Crippen LogP contribution in [-0.2, 0) is 16.6 Å². The van der Waals surface area contributed by atoms with E-state index in [9.17, 15) is 9.59 Å². The van der Waals surface area contributed by atoms with E-state index >= 15 is 0 Å². The Morgan fingerprint density at radius 2 is 1.80 bits per heavy atom. The van der Waals surface area contributed by atoms with Gasteiger partial charge in [-0.15, -0.1) is 0 Å². The lowest BCUT2D eigenvalue weighted by Crippen LogP contribution is -2.51. The summed E-state index contributed by atoms with van der Waals surface area (Å²) in [5.41, 5.74) is 1.59. The van der Waals surface area contributed by atoms with Gasteiger partial charge in [0.1, 0.15) is 6.04 Å². The summed E-state index contributed by atoms with van der Waals surface area (Å²) in [6.07, 6.45) is 5.22. The lowest BCUT2D eigenvalue weighted by molar-refractivity contribution is -0.140. The van der Waals surface area contributed by atoms with Crippen molar-refractivity contribution in [2.24, 2.45) is 7.05 Å². The zero-order chi connectivity index (χ0) is 20.9. The minimum absolute atomic E-state index is 0.0538. The fourth-order valence-electron chi connectivity index (χ4n) is 4.20. The first-order chi connectivity index (χ1) is 14.6. The number of aromatic nitrogens is 2. The molecular weight excluding hydrogens is 382 g/mol. The molecular formula is C22H29N5O3. The van der Waals surface area contributed by atoms with Gasteiger partial charge in [0.25, 0.3) is 5.91 Å². The average molecular weight is 412 g/mol. The zero-order valence-corrected chi connectivity index (χ0v) is 17.4. The molecule has 2 amide bonds. The highest BCUT2D eigenvalue weighted by Crippen LogP contribution is 2.26. The van der Waals surface area contributed by atoms with Crippen LogP contribution in [0.4, 0.5) is 0 Å². The molecule has 8 heteroatoms. The molecule has 0 radical (unpaired) electrons. The van der Waals surface area contributed by atoms with Gasteiger partial charge in [0.05, 0.1) is 19.4 Å². The molecule has 2 saturated heterocycles. The molecule has 2 fully saturated rings. The standard InChI is InChI=1S/C22H29N5O3/c1-25-16-18(15-23-25)20(26-11-13-30-14-12-26)22(29)27-9-7-19(8-10-27)24-21(28)17-5-3-2-4-6-17/h2-6,15-16,19-20H,7-14H2,1H3,(H,24,28)/t20-/m1/s1. The number of hydrogen-bond acceptors (Lipinski definition) is 5. The third-order valence-electron chi connectivity index (χ3n) is 5.86. The van der Waals surface area contributed by atoms with Gasteiger partial charge in [0.2, 0.25) is 5.91 Å². The Balaban J connectivity index is 1.38. The molecule has 1 aromatic heterocycles. The largest absolute Gasteiger partial charge is 0.379 e. The second-order valence-electron chi connectivity index (χ2n) is 7.94. The molecule has 4 rings (SSSR count). The zero-order valence-electron chi connectivity index (χ0n) is 17.4. The van der Waals surface area contributed by atoms with E-state index in [0.29, 0.717) is 31.9 Å². The van der Waals surface area contributed by atoms with Crippen LogP contribution < -0.4 is 5.32 Å². The molecule has 1 aromatic carbocycles. The van der Waals surface area contributed by atoms with Gasteiger partial charge >= 0.3 is 0 Å². The minimum atomic E-state index is -0.335. The maximum atomic E-state index is 13.5. The van der Waals surface area contributed by atoms with Gasteiger partial charge in [0.15, 0.2) is 0 Å². The van der Waals surface area contributed by atoms with Crippen LogP contribution in [0.5, 0.6) is 0 Å². The number of carbonyl (C=O) groups excluding carboxylic acids is 2. The lowest BCUT2D eigenvalue weighted by atomic mass is 10.0. The van der Waals surface area contributed by atoms with Crippen LogP contribution >= 0.6 is 0 Å². The average Bonchev–Trinajstić information content (AvgIpc) is 3.21. The number of ether oxygens (including phenoxy) is 1. The van der Waals surface area contributed by atoms with Crippen LogP contribution in [0.15, 0.2) is 42.7 Å². The smallest absolute Gasteiger partial charge is 0.251 e. The second-order valence-corrected chi connectivity index (χ2v) is 7.94. The van der Waals surface area contributed by atoms with Gasteiger partial charge in [-0.1, -0.05) is 18.2 Å². The van der Waals surface area contributed by atoms with Crippen molar-refractivity contribution in [3.63, 3.8) is 0 Å². The summed E-state index contributed by atoms with van der Waals surface area (Å²) in [7, 11) is 1.87. The fraction of sp³-hybridized carbons (Fsp3) is 0.500. The maximum Gasteiger partial charge on any atom is 0.251 e. The van der Waals surface area contributed by atoms with E-state index in [2.05, 4.69) is 15.3 Å². The number of benzene rings is 1. The monoisotopic (exact) mass is 411 g/mol. The molecule has 30 heavy (non-hydrogen) atoms. The van der Waals surface area contributed by atoms with Crippen LogP contribution in [0, 0.1) is 0 Å². The number of hydrogen-bond donors (Lipinski definition) is 1. The molecule has 1 N–H and O–H groups in total. The van der Waals surface area contributed by atoms with Gasteiger partial charge in [-0.3, -0.25) is 19.2 Å². The molecule has 8 nitrogen and oxygen atoms in total. The Labute approximate surface area is 176 Å². The van der Waals surface area contributed by atoms with E-state index in [1.165, 1.54) is 0 Å². The number of nitrogens with one attached hydrogen (secondary N) is 1. The SMILES string of the molecule is Cn1cc([C@H](C(=O)N2CCC(NC(=O)c3ccccc3)CC2)N2CCOCC2)cn1. The molecule has 2 aromatic rings. The Hall–Kier alpha value is -2.71. The number of rotatable bonds is 5. The summed E-state index contributed by atoms with van der Waals surface area (Å²) in [5, 5.41) is 7.38. The van der Waals surface area contributed by atoms with E-state index in [1.54, 1.807) is 10.9 Å². The summed E-state index contributed by atoms with van der Waals surface area (Å²) >= 11 is 0. The van der Waals surface area contributed by atoms with Crippen molar-refractivity contribution in [1.29, 1.82) is 0 Å². The van der Waals surface area contributed by atoms with Crippen molar-refractivity contribution in [3.8, 4) is 0 Å². The molecule has 2 aliphatic heterocycles. The number of morpholine rings is 1. The van der Waals surface area contributed by atoms with Crippen molar-refractivity contribution >= 4 is 11.8 Å². The van der Waals surface area contributed by atoms with Gasteiger partial charge in [0, 0.05) is 56.6 Å². The molecule has 0 spiro atoms. The van der Waals surface area contributed by atoms with Crippen molar-refractivity contribution in [3.05, 3.63) is 53.9 Å². The summed E-state index contributed by atoms with van der Waals surface area (Å²) in [6.45, 7) is 4.01. The number of aryl methyl sites for hydroxylation is 1. The molecule has 0 aliphatic carbocycles. The van der Waals surface area contributed by atoms with E-state index < -0.39 is 0 Å². The first-order valence-electron chi connectivity index (χ1n) is 10.6. The summed E-state index contributed by atoms with van der Waals surface area (Å²) in [5.74, 6) is 0.0552. The van der Waals surface area contributed by atoms with E-state index in [-0.39, 0.29) is 23.9 Å². The molecule has 0 saturated carbocycles. The highest BCUT2D eigenvalue weighted by molar-refractivity contribution is 5.94. The number of nitrogens with zero attached hydrogens (tertiary/aromatic N) is 4. The third kappa shape index (κ3) is 4.71. The molecule has 2 aliphatic rings. The minimum Gasteiger partial charge on any atom is -0.379 e. The van der Waals surface area contributed by atoms with Crippen LogP contribution in [0.25, 0.3) is 0 Å². The van der Waals surface area contributed by atoms with Crippen LogP contribution in [0.3, 0.4) is 0 Å². The summed E-state index contributed by atoms with van der Waals surface area (Å²) in [4.78, 5) is 30.0. The normalized spacial score (nSPS) is 19.4. The quantitative estimate of drug-likeness (QED) is 0.800. The predicted octanol–water partition coefficient (Wildman–Crippen LogP) is 1.21. The maximum absolute atomic E-state index is 13.5. The van der Waals surface area contributed by atoms with E-state index in [1.807, 2.05) is 48.5 Å². The first kappa shape index (κ1) is 20.6. The summed E-state index contributed by atoms with van der Waals surface area (Å²) in [6, 6.07) is 9.00. The number of amides is 2. The fourth-order valence-corrected chi connectivity index (χ4v) is 4.20. The van der Waals surface area contributed by atoms with Crippen molar-refractivity contribution in [2.45, 2.75) is 24.9 Å². The summed E-state index contributed by atoms with van der Waals surface area (Å²) < 4.78 is 7.21. The van der Waals surface area contributed by atoms with Crippen LogP contribution in [-0.4, -0.2) is 76.8 Å². The molecule has 3 heterocycles. The Bertz CT molecular complexity index is 855. The third-order valence-corrected chi connectivity index (χ3v) is 5.86. The van der Waals surface area contributed by atoms with Gasteiger partial charge in [-0.2, -0.15) is 5.10 Å². The van der Waals surface area contributed by atoms with Crippen molar-refractivity contribution in [1.82, 2.24) is 24.9 Å². The highest BCUT2D eigenvalue weighted by atomic mass is 16.5. The molecule has 160 valence electrons. The number of piperidine rings is 1. The number of carbonyl (C=O) groups is 2.